The lowest BCUT2D eigenvalue weighted by Crippen LogP contribution is -2.48. The van der Waals surface area contributed by atoms with E-state index in [4.69, 9.17) is 0 Å². The minimum absolute atomic E-state index is 0.0345. The first-order valence-electron chi connectivity index (χ1n) is 10.5. The number of benzene rings is 2. The van der Waals surface area contributed by atoms with Crippen molar-refractivity contribution in [2.45, 2.75) is 31.7 Å². The Morgan fingerprint density at radius 2 is 1.93 bits per heavy atom. The standard InChI is InChI=1S/C24H28N4O/c1-27(24(29)21-12-5-13-22-23(21)26-15-14-25-22)20-11-7-17-28(18-20)16-6-10-19-8-3-2-4-9-19/h2-5,8-9,12-15,20H,6-7,10-11,16-18H2,1H3/t20-/m1/s1. The fourth-order valence-electron chi connectivity index (χ4n) is 4.22. The van der Waals surface area contributed by atoms with Crippen molar-refractivity contribution in [2.75, 3.05) is 26.7 Å². The Morgan fingerprint density at radius 3 is 2.79 bits per heavy atom. The number of nitrogens with zero attached hydrogens (tertiary/aromatic N) is 4. The number of para-hydroxylation sites is 1. The summed E-state index contributed by atoms with van der Waals surface area (Å²) >= 11 is 0. The highest BCUT2D eigenvalue weighted by Gasteiger charge is 2.27. The van der Waals surface area contributed by atoms with Crippen molar-refractivity contribution < 1.29 is 4.79 Å². The maximum atomic E-state index is 13.2. The number of hydrogen-bond acceptors (Lipinski definition) is 4. The lowest BCUT2D eigenvalue weighted by Gasteiger charge is -2.37. The summed E-state index contributed by atoms with van der Waals surface area (Å²) in [6.45, 7) is 3.13. The molecule has 4 rings (SSSR count). The first-order chi connectivity index (χ1) is 14.2. The second-order valence-electron chi connectivity index (χ2n) is 7.83. The normalized spacial score (nSPS) is 17.3. The number of carbonyl (C=O) groups is 1. The van der Waals surface area contributed by atoms with Gasteiger partial charge in [-0.2, -0.15) is 0 Å². The van der Waals surface area contributed by atoms with Crippen molar-refractivity contribution in [3.8, 4) is 0 Å². The van der Waals surface area contributed by atoms with Gasteiger partial charge in [-0.15, -0.1) is 0 Å². The molecule has 1 aromatic heterocycles. The van der Waals surface area contributed by atoms with Crippen LogP contribution in [-0.4, -0.2) is 58.4 Å². The van der Waals surface area contributed by atoms with E-state index >= 15 is 0 Å². The van der Waals surface area contributed by atoms with Crippen molar-refractivity contribution in [3.05, 3.63) is 72.1 Å². The van der Waals surface area contributed by atoms with Crippen LogP contribution < -0.4 is 0 Å². The summed E-state index contributed by atoms with van der Waals surface area (Å²) < 4.78 is 0. The molecule has 1 atom stereocenters. The third-order valence-corrected chi connectivity index (χ3v) is 5.86. The van der Waals surface area contributed by atoms with E-state index in [-0.39, 0.29) is 11.9 Å². The molecule has 0 saturated carbocycles. The summed E-state index contributed by atoms with van der Waals surface area (Å²) in [5.41, 5.74) is 3.48. The number of carbonyl (C=O) groups excluding carboxylic acids is 1. The summed E-state index contributed by atoms with van der Waals surface area (Å²) in [6, 6.07) is 16.5. The van der Waals surface area contributed by atoms with E-state index in [0.717, 1.165) is 50.8 Å². The van der Waals surface area contributed by atoms with E-state index < -0.39 is 0 Å². The molecule has 1 aliphatic rings. The number of hydrogen-bond donors (Lipinski definition) is 0. The van der Waals surface area contributed by atoms with Gasteiger partial charge >= 0.3 is 0 Å². The molecular weight excluding hydrogens is 360 g/mol. The molecule has 3 aromatic rings. The number of amides is 1. The van der Waals surface area contributed by atoms with Crippen LogP contribution in [0.4, 0.5) is 0 Å². The average molecular weight is 389 g/mol. The van der Waals surface area contributed by atoms with Gasteiger partial charge in [0.1, 0.15) is 5.52 Å². The molecule has 1 aliphatic heterocycles. The number of rotatable bonds is 6. The molecule has 0 N–H and O–H groups in total. The second-order valence-corrected chi connectivity index (χ2v) is 7.83. The Hall–Kier alpha value is -2.79. The molecule has 5 nitrogen and oxygen atoms in total. The van der Waals surface area contributed by atoms with E-state index in [2.05, 4.69) is 45.2 Å². The Balaban J connectivity index is 1.38. The predicted octanol–water partition coefficient (Wildman–Crippen LogP) is 3.80. The van der Waals surface area contributed by atoms with Gasteiger partial charge in [-0.05, 0) is 56.5 Å². The van der Waals surface area contributed by atoms with Gasteiger partial charge in [0.15, 0.2) is 0 Å². The highest BCUT2D eigenvalue weighted by molar-refractivity contribution is 6.04. The van der Waals surface area contributed by atoms with Gasteiger partial charge in [0.05, 0.1) is 11.1 Å². The molecule has 1 fully saturated rings. The van der Waals surface area contributed by atoms with Crippen LogP contribution in [0.1, 0.15) is 35.2 Å². The average Bonchev–Trinajstić information content (AvgIpc) is 2.78. The van der Waals surface area contributed by atoms with Gasteiger partial charge in [0, 0.05) is 32.0 Å². The molecule has 0 radical (unpaired) electrons. The molecule has 5 heteroatoms. The van der Waals surface area contributed by atoms with Crippen LogP contribution in [0.2, 0.25) is 0 Å². The van der Waals surface area contributed by atoms with Crippen molar-refractivity contribution in [3.63, 3.8) is 0 Å². The largest absolute Gasteiger partial charge is 0.337 e. The molecule has 150 valence electrons. The zero-order valence-electron chi connectivity index (χ0n) is 17.0. The first-order valence-corrected chi connectivity index (χ1v) is 10.5. The molecule has 29 heavy (non-hydrogen) atoms. The maximum absolute atomic E-state index is 13.2. The minimum Gasteiger partial charge on any atom is -0.337 e. The van der Waals surface area contributed by atoms with Crippen LogP contribution >= 0.6 is 0 Å². The van der Waals surface area contributed by atoms with Crippen molar-refractivity contribution in [2.24, 2.45) is 0 Å². The van der Waals surface area contributed by atoms with Crippen LogP contribution in [0.25, 0.3) is 11.0 Å². The quantitative estimate of drug-likeness (QED) is 0.644. The molecule has 1 amide bonds. The van der Waals surface area contributed by atoms with Gasteiger partial charge < -0.3 is 9.80 Å². The van der Waals surface area contributed by atoms with E-state index in [1.54, 1.807) is 12.4 Å². The van der Waals surface area contributed by atoms with E-state index in [9.17, 15) is 4.79 Å². The van der Waals surface area contributed by atoms with Gasteiger partial charge in [-0.1, -0.05) is 36.4 Å². The topological polar surface area (TPSA) is 49.3 Å². The van der Waals surface area contributed by atoms with Crippen LogP contribution in [0, 0.1) is 0 Å². The Morgan fingerprint density at radius 1 is 1.10 bits per heavy atom. The van der Waals surface area contributed by atoms with Gasteiger partial charge in [-0.25, -0.2) is 0 Å². The number of piperidine rings is 1. The summed E-state index contributed by atoms with van der Waals surface area (Å²) in [5.74, 6) is 0.0345. The van der Waals surface area contributed by atoms with Crippen LogP contribution in [-0.2, 0) is 6.42 Å². The minimum atomic E-state index is 0.0345. The molecule has 2 aromatic carbocycles. The first kappa shape index (κ1) is 19.5. The third-order valence-electron chi connectivity index (χ3n) is 5.86. The van der Waals surface area contributed by atoms with Crippen LogP contribution in [0.5, 0.6) is 0 Å². The molecule has 0 unspecified atom stereocenters. The predicted molar refractivity (Wildman–Crippen MR) is 116 cm³/mol. The van der Waals surface area contributed by atoms with Crippen molar-refractivity contribution in [1.82, 2.24) is 19.8 Å². The fourth-order valence-corrected chi connectivity index (χ4v) is 4.22. The molecule has 2 heterocycles. The van der Waals surface area contributed by atoms with Gasteiger partial charge in [-0.3, -0.25) is 14.8 Å². The summed E-state index contributed by atoms with van der Waals surface area (Å²) in [6.07, 6.45) is 7.73. The molecule has 0 bridgehead atoms. The Bertz CT molecular complexity index is 954. The number of likely N-dealkylation sites (tertiary alicyclic amines) is 1. The zero-order chi connectivity index (χ0) is 20.1. The van der Waals surface area contributed by atoms with E-state index in [1.807, 2.05) is 30.1 Å². The van der Waals surface area contributed by atoms with Crippen molar-refractivity contribution in [1.29, 1.82) is 0 Å². The summed E-state index contributed by atoms with van der Waals surface area (Å²) in [7, 11) is 1.93. The highest BCUT2D eigenvalue weighted by atomic mass is 16.2. The second kappa shape index (κ2) is 9.14. The molecule has 1 saturated heterocycles. The zero-order valence-corrected chi connectivity index (χ0v) is 17.0. The monoisotopic (exact) mass is 388 g/mol. The number of likely N-dealkylation sites (N-methyl/N-ethyl adjacent to an activating group) is 1. The van der Waals surface area contributed by atoms with Crippen LogP contribution in [0.3, 0.4) is 0 Å². The number of fused-ring (bicyclic) bond motifs is 1. The van der Waals surface area contributed by atoms with E-state index in [0.29, 0.717) is 11.1 Å². The molecule has 0 spiro atoms. The Labute approximate surface area is 172 Å². The van der Waals surface area contributed by atoms with Gasteiger partial charge in [0.25, 0.3) is 5.91 Å². The number of aryl methyl sites for hydroxylation is 1. The van der Waals surface area contributed by atoms with Gasteiger partial charge in [0.2, 0.25) is 0 Å². The fraction of sp³-hybridized carbons (Fsp3) is 0.375. The molecule has 0 aliphatic carbocycles. The highest BCUT2D eigenvalue weighted by Crippen LogP contribution is 2.21. The SMILES string of the molecule is CN(C(=O)c1cccc2nccnc12)[C@@H]1CCCN(CCCc2ccccc2)C1. The smallest absolute Gasteiger partial charge is 0.256 e. The molecular formula is C24H28N4O. The van der Waals surface area contributed by atoms with Crippen LogP contribution in [0.15, 0.2) is 60.9 Å². The lowest BCUT2D eigenvalue weighted by molar-refractivity contribution is 0.0618. The van der Waals surface area contributed by atoms with Crippen molar-refractivity contribution >= 4 is 16.9 Å². The lowest BCUT2D eigenvalue weighted by atomic mass is 10.0. The summed E-state index contributed by atoms with van der Waals surface area (Å²) in [5, 5.41) is 0. The summed E-state index contributed by atoms with van der Waals surface area (Å²) in [4.78, 5) is 26.3. The Kier molecular flexibility index (Phi) is 6.15. The third kappa shape index (κ3) is 4.62. The number of aromatic nitrogens is 2. The maximum Gasteiger partial charge on any atom is 0.256 e. The van der Waals surface area contributed by atoms with E-state index in [1.165, 1.54) is 5.56 Å².